The molecule has 6 heteroatoms. The van der Waals surface area contributed by atoms with E-state index >= 15 is 0 Å². The third kappa shape index (κ3) is 2.77. The van der Waals surface area contributed by atoms with Gasteiger partial charge in [0, 0.05) is 6.04 Å². The molecule has 0 saturated carbocycles. The fourth-order valence-corrected chi connectivity index (χ4v) is 2.05. The predicted molar refractivity (Wildman–Crippen MR) is 54.8 cm³/mol. The summed E-state index contributed by atoms with van der Waals surface area (Å²) in [6.45, 7) is 0. The van der Waals surface area contributed by atoms with Crippen molar-refractivity contribution in [3.63, 3.8) is 0 Å². The summed E-state index contributed by atoms with van der Waals surface area (Å²) in [4.78, 5) is 22.1. The number of aliphatic carboxylic acids is 1. The molecule has 0 aliphatic heterocycles. The van der Waals surface area contributed by atoms with Gasteiger partial charge < -0.3 is 15.6 Å². The Kier molecular flexibility index (Phi) is 3.81. The number of ether oxygens (including phenoxy) is 1. The molecular weight excluding hydrogens is 218 g/mol. The molecule has 0 spiro atoms. The molecule has 1 unspecified atom stereocenters. The van der Waals surface area contributed by atoms with Crippen molar-refractivity contribution < 1.29 is 19.4 Å². The van der Waals surface area contributed by atoms with Gasteiger partial charge in [0.05, 0.1) is 13.5 Å². The van der Waals surface area contributed by atoms with Gasteiger partial charge in [-0.15, -0.1) is 11.3 Å². The number of carboxylic acids is 1. The minimum Gasteiger partial charge on any atom is -0.481 e. The smallest absolute Gasteiger partial charge is 0.348 e. The lowest BCUT2D eigenvalue weighted by Crippen LogP contribution is -2.17. The van der Waals surface area contributed by atoms with E-state index < -0.39 is 18.0 Å². The zero-order valence-electron chi connectivity index (χ0n) is 8.10. The Morgan fingerprint density at radius 2 is 2.33 bits per heavy atom. The average Bonchev–Trinajstić information content (AvgIpc) is 2.63. The largest absolute Gasteiger partial charge is 0.481 e. The van der Waals surface area contributed by atoms with Crippen molar-refractivity contribution in [2.75, 3.05) is 7.11 Å². The molecule has 0 fully saturated rings. The summed E-state index contributed by atoms with van der Waals surface area (Å²) in [7, 11) is 1.27. The van der Waals surface area contributed by atoms with E-state index in [0.29, 0.717) is 10.4 Å². The molecule has 0 radical (unpaired) electrons. The first-order valence-electron chi connectivity index (χ1n) is 4.19. The first kappa shape index (κ1) is 11.7. The van der Waals surface area contributed by atoms with Gasteiger partial charge in [-0.25, -0.2) is 4.79 Å². The van der Waals surface area contributed by atoms with E-state index in [9.17, 15) is 9.59 Å². The summed E-state index contributed by atoms with van der Waals surface area (Å²) >= 11 is 1.19. The summed E-state index contributed by atoms with van der Waals surface area (Å²) in [5.74, 6) is -1.48. The number of carbonyl (C=O) groups is 2. The quantitative estimate of drug-likeness (QED) is 0.752. The zero-order chi connectivity index (χ0) is 11.4. The molecule has 15 heavy (non-hydrogen) atoms. The minimum absolute atomic E-state index is 0.208. The molecule has 0 saturated heterocycles. The highest BCUT2D eigenvalue weighted by molar-refractivity contribution is 7.12. The van der Waals surface area contributed by atoms with Gasteiger partial charge in [-0.2, -0.15) is 0 Å². The number of thiophene rings is 1. The Balaban J connectivity index is 2.89. The maximum absolute atomic E-state index is 11.3. The first-order chi connectivity index (χ1) is 7.06. The molecule has 0 aromatic carbocycles. The second kappa shape index (κ2) is 4.90. The fourth-order valence-electron chi connectivity index (χ4n) is 1.17. The number of carboxylic acid groups (broad SMARTS) is 1. The minimum atomic E-state index is -0.996. The van der Waals surface area contributed by atoms with Crippen molar-refractivity contribution in [3.8, 4) is 0 Å². The van der Waals surface area contributed by atoms with Gasteiger partial charge in [0.1, 0.15) is 4.88 Å². The van der Waals surface area contributed by atoms with Gasteiger partial charge in [0.2, 0.25) is 0 Å². The van der Waals surface area contributed by atoms with Crippen LogP contribution >= 0.6 is 11.3 Å². The molecule has 3 N–H and O–H groups in total. The molecule has 0 amide bonds. The predicted octanol–water partition coefficient (Wildman–Crippen LogP) is 1.01. The number of rotatable bonds is 4. The van der Waals surface area contributed by atoms with Crippen molar-refractivity contribution in [3.05, 3.63) is 21.9 Å². The lowest BCUT2D eigenvalue weighted by atomic mass is 10.1. The van der Waals surface area contributed by atoms with E-state index in [0.717, 1.165) is 0 Å². The first-order valence-corrected chi connectivity index (χ1v) is 5.07. The van der Waals surface area contributed by atoms with Crippen LogP contribution in [0.4, 0.5) is 0 Å². The summed E-state index contributed by atoms with van der Waals surface area (Å²) in [6.07, 6.45) is -0.208. The highest BCUT2D eigenvalue weighted by Gasteiger charge is 2.20. The number of methoxy groups -OCH3 is 1. The summed E-state index contributed by atoms with van der Waals surface area (Å²) in [5.41, 5.74) is 6.17. The van der Waals surface area contributed by atoms with E-state index in [4.69, 9.17) is 10.8 Å². The zero-order valence-corrected chi connectivity index (χ0v) is 8.91. The SMILES string of the molecule is COC(=O)c1sccc1C(N)CC(=O)O. The summed E-state index contributed by atoms with van der Waals surface area (Å²) in [6, 6.07) is 0.965. The van der Waals surface area contributed by atoms with Crippen LogP contribution in [-0.4, -0.2) is 24.2 Å². The van der Waals surface area contributed by atoms with Crippen molar-refractivity contribution in [1.29, 1.82) is 0 Å². The monoisotopic (exact) mass is 229 g/mol. The van der Waals surface area contributed by atoms with Crippen molar-refractivity contribution in [1.82, 2.24) is 0 Å². The molecule has 0 aliphatic rings. The molecule has 1 aromatic rings. The fraction of sp³-hybridized carbons (Fsp3) is 0.333. The molecule has 5 nitrogen and oxygen atoms in total. The van der Waals surface area contributed by atoms with Gasteiger partial charge in [0.25, 0.3) is 0 Å². The summed E-state index contributed by atoms with van der Waals surface area (Å²) < 4.78 is 4.56. The molecule has 1 aromatic heterocycles. The number of hydrogen-bond acceptors (Lipinski definition) is 5. The second-order valence-electron chi connectivity index (χ2n) is 2.90. The van der Waals surface area contributed by atoms with Gasteiger partial charge in [-0.1, -0.05) is 0 Å². The number of nitrogens with two attached hydrogens (primary N) is 1. The second-order valence-corrected chi connectivity index (χ2v) is 3.82. The molecule has 82 valence electrons. The Morgan fingerprint density at radius 1 is 1.67 bits per heavy atom. The topological polar surface area (TPSA) is 89.6 Å². The normalized spacial score (nSPS) is 12.1. The Labute approximate surface area is 90.5 Å². The van der Waals surface area contributed by atoms with Crippen molar-refractivity contribution in [2.24, 2.45) is 5.73 Å². The van der Waals surface area contributed by atoms with E-state index in [1.54, 1.807) is 11.4 Å². The number of esters is 1. The van der Waals surface area contributed by atoms with Gasteiger partial charge in [-0.05, 0) is 17.0 Å². The Morgan fingerprint density at radius 3 is 2.87 bits per heavy atom. The van der Waals surface area contributed by atoms with Gasteiger partial charge in [0.15, 0.2) is 0 Å². The van der Waals surface area contributed by atoms with E-state index in [1.807, 2.05) is 0 Å². The highest BCUT2D eigenvalue weighted by Crippen LogP contribution is 2.24. The highest BCUT2D eigenvalue weighted by atomic mass is 32.1. The Hall–Kier alpha value is -1.40. The molecular formula is C9H11NO4S. The third-order valence-electron chi connectivity index (χ3n) is 1.86. The van der Waals surface area contributed by atoms with Crippen LogP contribution in [0.5, 0.6) is 0 Å². The molecule has 1 heterocycles. The van der Waals surface area contributed by atoms with Crippen molar-refractivity contribution >= 4 is 23.3 Å². The van der Waals surface area contributed by atoms with E-state index in [1.165, 1.54) is 18.4 Å². The number of hydrogen-bond donors (Lipinski definition) is 2. The lowest BCUT2D eigenvalue weighted by Gasteiger charge is -2.08. The van der Waals surface area contributed by atoms with Crippen LogP contribution < -0.4 is 5.73 Å². The van der Waals surface area contributed by atoms with Crippen LogP contribution in [0, 0.1) is 0 Å². The van der Waals surface area contributed by atoms with Gasteiger partial charge in [-0.3, -0.25) is 4.79 Å². The molecule has 0 bridgehead atoms. The molecule has 1 rings (SSSR count). The molecule has 1 atom stereocenters. The third-order valence-corrected chi connectivity index (χ3v) is 2.77. The van der Waals surface area contributed by atoms with Crippen LogP contribution in [0.2, 0.25) is 0 Å². The van der Waals surface area contributed by atoms with Crippen LogP contribution in [-0.2, 0) is 9.53 Å². The van der Waals surface area contributed by atoms with Crippen LogP contribution in [0.3, 0.4) is 0 Å². The van der Waals surface area contributed by atoms with Crippen LogP contribution in [0.15, 0.2) is 11.4 Å². The van der Waals surface area contributed by atoms with Crippen LogP contribution in [0.1, 0.15) is 27.7 Å². The standard InChI is InChI=1S/C9H11NO4S/c1-14-9(13)8-5(2-3-15-8)6(10)4-7(11)12/h2-3,6H,4,10H2,1H3,(H,11,12). The Bertz CT molecular complexity index is 374. The maximum atomic E-state index is 11.3. The summed E-state index contributed by atoms with van der Waals surface area (Å²) in [5, 5.41) is 10.3. The van der Waals surface area contributed by atoms with Gasteiger partial charge >= 0.3 is 11.9 Å². The van der Waals surface area contributed by atoms with E-state index in [2.05, 4.69) is 4.74 Å². The van der Waals surface area contributed by atoms with Crippen molar-refractivity contribution in [2.45, 2.75) is 12.5 Å². The van der Waals surface area contributed by atoms with Crippen LogP contribution in [0.25, 0.3) is 0 Å². The van der Waals surface area contributed by atoms with E-state index in [-0.39, 0.29) is 6.42 Å². The number of carbonyl (C=O) groups excluding carboxylic acids is 1. The molecule has 0 aliphatic carbocycles. The lowest BCUT2D eigenvalue weighted by molar-refractivity contribution is -0.137. The average molecular weight is 229 g/mol. The maximum Gasteiger partial charge on any atom is 0.348 e.